The van der Waals surface area contributed by atoms with Gasteiger partial charge in [0.2, 0.25) is 0 Å². The van der Waals surface area contributed by atoms with Gasteiger partial charge in [0, 0.05) is 5.92 Å². The predicted octanol–water partition coefficient (Wildman–Crippen LogP) is 4.04. The predicted molar refractivity (Wildman–Crippen MR) is 74.7 cm³/mol. The van der Waals surface area contributed by atoms with Crippen LogP contribution in [0.25, 0.3) is 0 Å². The minimum Gasteiger partial charge on any atom is -0.465 e. The van der Waals surface area contributed by atoms with E-state index < -0.39 is 0 Å². The molecule has 2 atom stereocenters. The van der Waals surface area contributed by atoms with Crippen LogP contribution in [0, 0.1) is 6.92 Å². The van der Waals surface area contributed by atoms with Crippen LogP contribution in [0.5, 0.6) is 0 Å². The summed E-state index contributed by atoms with van der Waals surface area (Å²) in [6.45, 7) is 7.28. The van der Waals surface area contributed by atoms with Gasteiger partial charge in [0.25, 0.3) is 0 Å². The molecule has 0 spiro atoms. The molecule has 18 heavy (non-hydrogen) atoms. The third kappa shape index (κ3) is 2.82. The van der Waals surface area contributed by atoms with Crippen molar-refractivity contribution in [1.82, 2.24) is 5.32 Å². The Morgan fingerprint density at radius 3 is 2.39 bits per heavy atom. The summed E-state index contributed by atoms with van der Waals surface area (Å²) in [5.74, 6) is 2.37. The number of furan rings is 1. The third-order valence-electron chi connectivity index (χ3n) is 3.32. The van der Waals surface area contributed by atoms with Crippen LogP contribution >= 0.6 is 0 Å². The molecule has 1 heterocycles. The summed E-state index contributed by atoms with van der Waals surface area (Å²) in [4.78, 5) is 0. The Morgan fingerprint density at radius 2 is 1.83 bits per heavy atom. The quantitative estimate of drug-likeness (QED) is 0.857. The lowest BCUT2D eigenvalue weighted by Crippen LogP contribution is -2.25. The number of aryl methyl sites for hydroxylation is 1. The highest BCUT2D eigenvalue weighted by atomic mass is 16.3. The second kappa shape index (κ2) is 5.87. The van der Waals surface area contributed by atoms with Gasteiger partial charge in [0.15, 0.2) is 0 Å². The van der Waals surface area contributed by atoms with Crippen molar-refractivity contribution in [2.24, 2.45) is 0 Å². The van der Waals surface area contributed by atoms with E-state index in [2.05, 4.69) is 55.6 Å². The third-order valence-corrected chi connectivity index (χ3v) is 3.32. The van der Waals surface area contributed by atoms with Crippen LogP contribution in [0.1, 0.15) is 42.9 Å². The van der Waals surface area contributed by atoms with Crippen molar-refractivity contribution in [2.45, 2.75) is 32.7 Å². The van der Waals surface area contributed by atoms with Crippen LogP contribution in [0.3, 0.4) is 0 Å². The van der Waals surface area contributed by atoms with E-state index in [1.54, 1.807) is 0 Å². The summed E-state index contributed by atoms with van der Waals surface area (Å²) < 4.78 is 5.78. The molecular weight excluding hydrogens is 222 g/mol. The molecule has 1 aromatic heterocycles. The monoisotopic (exact) mass is 243 g/mol. The van der Waals surface area contributed by atoms with Crippen LogP contribution in [-0.4, -0.2) is 6.54 Å². The first-order valence-corrected chi connectivity index (χ1v) is 6.57. The fraction of sp³-hybridized carbons (Fsp3) is 0.375. The van der Waals surface area contributed by atoms with Gasteiger partial charge < -0.3 is 9.73 Å². The van der Waals surface area contributed by atoms with Gasteiger partial charge in [-0.05, 0) is 31.2 Å². The molecule has 0 bridgehead atoms. The Hall–Kier alpha value is -1.54. The van der Waals surface area contributed by atoms with Crippen molar-refractivity contribution in [3.63, 3.8) is 0 Å². The fourth-order valence-corrected chi connectivity index (χ4v) is 2.31. The topological polar surface area (TPSA) is 25.2 Å². The van der Waals surface area contributed by atoms with Crippen LogP contribution in [0.15, 0.2) is 46.9 Å². The van der Waals surface area contributed by atoms with E-state index in [-0.39, 0.29) is 6.04 Å². The normalized spacial score (nSPS) is 14.4. The van der Waals surface area contributed by atoms with Gasteiger partial charge in [-0.2, -0.15) is 0 Å². The molecule has 2 aromatic rings. The highest BCUT2D eigenvalue weighted by molar-refractivity contribution is 5.23. The van der Waals surface area contributed by atoms with E-state index in [9.17, 15) is 0 Å². The van der Waals surface area contributed by atoms with Crippen molar-refractivity contribution in [3.05, 3.63) is 59.5 Å². The molecule has 1 aromatic carbocycles. The molecule has 0 saturated heterocycles. The first kappa shape index (κ1) is 12.9. The van der Waals surface area contributed by atoms with Gasteiger partial charge in [-0.15, -0.1) is 0 Å². The Balaban J connectivity index is 2.25. The van der Waals surface area contributed by atoms with Crippen LogP contribution in [0.2, 0.25) is 0 Å². The van der Waals surface area contributed by atoms with E-state index in [1.165, 1.54) is 5.56 Å². The molecule has 0 amide bonds. The number of likely N-dealkylation sites (N-methyl/N-ethyl adjacent to an activating group) is 1. The van der Waals surface area contributed by atoms with Gasteiger partial charge in [-0.1, -0.05) is 44.2 Å². The largest absolute Gasteiger partial charge is 0.465 e. The molecular formula is C16H21NO. The molecule has 2 rings (SSSR count). The lowest BCUT2D eigenvalue weighted by Gasteiger charge is -2.23. The van der Waals surface area contributed by atoms with E-state index in [4.69, 9.17) is 4.42 Å². The summed E-state index contributed by atoms with van der Waals surface area (Å²) in [5, 5.41) is 3.52. The van der Waals surface area contributed by atoms with Crippen LogP contribution < -0.4 is 5.32 Å². The average Bonchev–Trinajstić information content (AvgIpc) is 2.82. The number of nitrogens with one attached hydrogen (secondary N) is 1. The maximum Gasteiger partial charge on any atom is 0.121 e. The van der Waals surface area contributed by atoms with E-state index >= 15 is 0 Å². The Morgan fingerprint density at radius 1 is 1.11 bits per heavy atom. The summed E-state index contributed by atoms with van der Waals surface area (Å²) >= 11 is 0. The first-order chi connectivity index (χ1) is 8.72. The van der Waals surface area contributed by atoms with E-state index in [0.29, 0.717) is 5.92 Å². The molecule has 96 valence electrons. The Kier molecular flexibility index (Phi) is 4.21. The zero-order valence-corrected chi connectivity index (χ0v) is 11.3. The molecule has 0 fully saturated rings. The van der Waals surface area contributed by atoms with Gasteiger partial charge >= 0.3 is 0 Å². The number of hydrogen-bond acceptors (Lipinski definition) is 2. The minimum atomic E-state index is 0.228. The molecule has 2 unspecified atom stereocenters. The number of benzene rings is 1. The standard InChI is InChI=1S/C16H21NO/c1-4-17-16(15-11-10-12(2)18-15)13(3)14-8-6-5-7-9-14/h5-11,13,16-17H,4H2,1-3H3. The van der Waals surface area contributed by atoms with Gasteiger partial charge in [0.05, 0.1) is 6.04 Å². The zero-order valence-electron chi connectivity index (χ0n) is 11.3. The van der Waals surface area contributed by atoms with Crippen molar-refractivity contribution in [3.8, 4) is 0 Å². The molecule has 2 heteroatoms. The molecule has 0 saturated carbocycles. The fourth-order valence-electron chi connectivity index (χ4n) is 2.31. The molecule has 0 aliphatic heterocycles. The SMILES string of the molecule is CCNC(c1ccc(C)o1)C(C)c1ccccc1. The van der Waals surface area contributed by atoms with E-state index in [1.807, 2.05) is 13.0 Å². The van der Waals surface area contributed by atoms with Crippen LogP contribution in [-0.2, 0) is 0 Å². The lowest BCUT2D eigenvalue weighted by molar-refractivity contribution is 0.372. The number of hydrogen-bond donors (Lipinski definition) is 1. The van der Waals surface area contributed by atoms with Gasteiger partial charge in [-0.25, -0.2) is 0 Å². The highest BCUT2D eigenvalue weighted by Crippen LogP contribution is 2.31. The summed E-state index contributed by atoms with van der Waals surface area (Å²) in [6, 6.07) is 14.9. The molecule has 2 nitrogen and oxygen atoms in total. The number of rotatable bonds is 5. The Labute approximate surface area is 109 Å². The molecule has 0 aliphatic carbocycles. The second-order valence-electron chi connectivity index (χ2n) is 4.68. The maximum atomic E-state index is 5.78. The zero-order chi connectivity index (χ0) is 13.0. The summed E-state index contributed by atoms with van der Waals surface area (Å²) in [7, 11) is 0. The smallest absolute Gasteiger partial charge is 0.121 e. The van der Waals surface area contributed by atoms with Crippen molar-refractivity contribution in [2.75, 3.05) is 6.54 Å². The van der Waals surface area contributed by atoms with Crippen molar-refractivity contribution < 1.29 is 4.42 Å². The molecule has 1 N–H and O–H groups in total. The van der Waals surface area contributed by atoms with Crippen LogP contribution in [0.4, 0.5) is 0 Å². The lowest BCUT2D eigenvalue weighted by atomic mass is 9.92. The second-order valence-corrected chi connectivity index (χ2v) is 4.68. The van der Waals surface area contributed by atoms with E-state index in [0.717, 1.165) is 18.1 Å². The highest BCUT2D eigenvalue weighted by Gasteiger charge is 2.22. The Bertz CT molecular complexity index is 475. The first-order valence-electron chi connectivity index (χ1n) is 6.57. The van der Waals surface area contributed by atoms with Crippen molar-refractivity contribution in [1.29, 1.82) is 0 Å². The molecule has 0 aliphatic rings. The summed E-state index contributed by atoms with van der Waals surface area (Å²) in [6.07, 6.45) is 0. The van der Waals surface area contributed by atoms with Crippen molar-refractivity contribution >= 4 is 0 Å². The summed E-state index contributed by atoms with van der Waals surface area (Å²) in [5.41, 5.74) is 1.33. The maximum absolute atomic E-state index is 5.78. The average molecular weight is 243 g/mol. The van der Waals surface area contributed by atoms with Gasteiger partial charge in [0.1, 0.15) is 11.5 Å². The van der Waals surface area contributed by atoms with Gasteiger partial charge in [-0.3, -0.25) is 0 Å². The molecule has 0 radical (unpaired) electrons. The minimum absolute atomic E-state index is 0.228.